The van der Waals surface area contributed by atoms with Crippen LogP contribution < -0.4 is 0 Å². The van der Waals surface area contributed by atoms with E-state index in [9.17, 15) is 0 Å². The molecule has 2 fully saturated rings. The topological polar surface area (TPSA) is 6.48 Å². The first-order chi connectivity index (χ1) is 6.29. The Bertz CT molecular complexity index is 123. The third-order valence-corrected chi connectivity index (χ3v) is 2.91. The molecule has 0 atom stereocenters. The smallest absolute Gasteiger partial charge is 0 e. The summed E-state index contributed by atoms with van der Waals surface area (Å²) < 4.78 is 0. The second kappa shape index (κ2) is 18.1. The summed E-state index contributed by atoms with van der Waals surface area (Å²) in [7, 11) is 4.37. The summed E-state index contributed by atoms with van der Waals surface area (Å²) in [6.45, 7) is 5.28. The van der Waals surface area contributed by atoms with Crippen molar-refractivity contribution in [2.45, 2.75) is 32.1 Å². The maximum absolute atomic E-state index is 2.39. The van der Waals surface area contributed by atoms with E-state index in [4.69, 9.17) is 0 Å². The van der Waals surface area contributed by atoms with Crippen LogP contribution in [0.25, 0.3) is 0 Å². The van der Waals surface area contributed by atoms with Crippen molar-refractivity contribution in [3.63, 3.8) is 0 Å². The number of likely N-dealkylation sites (tertiary alicyclic amines) is 2. The van der Waals surface area contributed by atoms with E-state index < -0.39 is 0 Å². The Morgan fingerprint density at radius 1 is 0.529 bits per heavy atom. The molecule has 0 aromatic heterocycles. The summed E-state index contributed by atoms with van der Waals surface area (Å²) in [5, 5.41) is 0. The first-order valence-electron chi connectivity index (χ1n) is 5.66. The molecule has 2 aliphatic rings. The SMILES string of the molecule is CN1CCCC1.CN1CCCCC1.[CH3-].[CH3-].[Y].[Y]. The summed E-state index contributed by atoms with van der Waals surface area (Å²) in [6.07, 6.45) is 7.10. The fourth-order valence-corrected chi connectivity index (χ4v) is 1.93. The second-order valence-electron chi connectivity index (χ2n) is 4.37. The van der Waals surface area contributed by atoms with E-state index in [0.29, 0.717) is 0 Å². The molecule has 2 nitrogen and oxygen atoms in total. The number of rotatable bonds is 0. The first kappa shape index (κ1) is 27.5. The van der Waals surface area contributed by atoms with Gasteiger partial charge in [0.05, 0.1) is 0 Å². The van der Waals surface area contributed by atoms with Gasteiger partial charge in [0.15, 0.2) is 0 Å². The molecule has 17 heavy (non-hydrogen) atoms. The van der Waals surface area contributed by atoms with Crippen molar-refractivity contribution in [2.75, 3.05) is 40.3 Å². The Morgan fingerprint density at radius 2 is 0.765 bits per heavy atom. The van der Waals surface area contributed by atoms with E-state index in [1.165, 1.54) is 58.3 Å². The second-order valence-corrected chi connectivity index (χ2v) is 4.37. The summed E-state index contributed by atoms with van der Waals surface area (Å²) in [5.74, 6) is 0. The molecule has 0 spiro atoms. The van der Waals surface area contributed by atoms with E-state index in [1.54, 1.807) is 0 Å². The van der Waals surface area contributed by atoms with Gasteiger partial charge in [0, 0.05) is 65.4 Å². The Hall–Kier alpha value is 2.13. The molecular weight excluding hydrogens is 362 g/mol. The number of hydrogen-bond donors (Lipinski definition) is 0. The molecule has 2 aliphatic heterocycles. The normalized spacial score (nSPS) is 19.4. The molecule has 0 bridgehead atoms. The molecule has 100 valence electrons. The van der Waals surface area contributed by atoms with Crippen LogP contribution in [0.2, 0.25) is 0 Å². The fourth-order valence-electron chi connectivity index (χ4n) is 1.93. The van der Waals surface area contributed by atoms with Crippen LogP contribution in [0.3, 0.4) is 0 Å². The van der Waals surface area contributed by atoms with Crippen molar-refractivity contribution >= 4 is 0 Å². The minimum atomic E-state index is 0. The maximum atomic E-state index is 2.39. The molecule has 0 aromatic rings. The summed E-state index contributed by atoms with van der Waals surface area (Å²) >= 11 is 0. The molecule has 0 unspecified atom stereocenters. The Labute approximate surface area is 160 Å². The zero-order valence-electron chi connectivity index (χ0n) is 12.4. The minimum absolute atomic E-state index is 0. The van der Waals surface area contributed by atoms with Crippen LogP contribution in [0.5, 0.6) is 0 Å². The van der Waals surface area contributed by atoms with E-state index in [2.05, 4.69) is 23.9 Å². The van der Waals surface area contributed by atoms with Crippen LogP contribution >= 0.6 is 0 Å². The van der Waals surface area contributed by atoms with Gasteiger partial charge in [0.2, 0.25) is 0 Å². The predicted molar refractivity (Wildman–Crippen MR) is 70.9 cm³/mol. The van der Waals surface area contributed by atoms with Crippen molar-refractivity contribution in [3.05, 3.63) is 14.9 Å². The molecule has 2 rings (SSSR count). The average molecular weight is 392 g/mol. The van der Waals surface area contributed by atoms with E-state index in [-0.39, 0.29) is 80.3 Å². The van der Waals surface area contributed by atoms with Crippen LogP contribution in [-0.4, -0.2) is 50.1 Å². The minimum Gasteiger partial charge on any atom is -0.358 e. The van der Waals surface area contributed by atoms with Crippen molar-refractivity contribution in [2.24, 2.45) is 0 Å². The standard InChI is InChI=1S/C6H13N.C5H11N.2CH3.2Y/c1-7-5-3-2-4-6-7;1-6-4-2-3-5-6;;;;/h2-6H2,1H3;2-5H2,1H3;2*1H3;;/q;;2*-1;;. The van der Waals surface area contributed by atoms with Gasteiger partial charge >= 0.3 is 0 Å². The van der Waals surface area contributed by atoms with Gasteiger partial charge in [-0.15, -0.1) is 0 Å². The molecule has 4 heteroatoms. The number of piperidine rings is 1. The van der Waals surface area contributed by atoms with Gasteiger partial charge in [-0.1, -0.05) is 6.42 Å². The Kier molecular flexibility index (Phi) is 29.3. The van der Waals surface area contributed by atoms with Gasteiger partial charge in [0.25, 0.3) is 0 Å². The van der Waals surface area contributed by atoms with Gasteiger partial charge in [0.1, 0.15) is 0 Å². The zero-order chi connectivity index (χ0) is 9.52. The van der Waals surface area contributed by atoms with Gasteiger partial charge in [-0.3, -0.25) is 0 Å². The van der Waals surface area contributed by atoms with Crippen LogP contribution in [0, 0.1) is 14.9 Å². The van der Waals surface area contributed by atoms with Crippen LogP contribution in [0.1, 0.15) is 32.1 Å². The molecule has 2 heterocycles. The predicted octanol–water partition coefficient (Wildman–Crippen LogP) is 2.71. The summed E-state index contributed by atoms with van der Waals surface area (Å²) in [6, 6.07) is 0. The van der Waals surface area contributed by atoms with Crippen molar-refractivity contribution < 1.29 is 65.4 Å². The fraction of sp³-hybridized carbons (Fsp3) is 0.846. The average Bonchev–Trinajstić information content (AvgIpc) is 2.58. The van der Waals surface area contributed by atoms with Crippen LogP contribution in [0.4, 0.5) is 0 Å². The van der Waals surface area contributed by atoms with Crippen molar-refractivity contribution in [1.82, 2.24) is 9.80 Å². The third-order valence-electron chi connectivity index (χ3n) is 2.91. The molecule has 2 saturated heterocycles. The van der Waals surface area contributed by atoms with E-state index >= 15 is 0 Å². The molecule has 2 radical (unpaired) electrons. The van der Waals surface area contributed by atoms with Crippen LogP contribution in [-0.2, 0) is 65.4 Å². The third kappa shape index (κ3) is 16.1. The van der Waals surface area contributed by atoms with Gasteiger partial charge in [-0.2, -0.15) is 0 Å². The van der Waals surface area contributed by atoms with Gasteiger partial charge in [-0.05, 0) is 66.0 Å². The van der Waals surface area contributed by atoms with E-state index in [1.807, 2.05) is 0 Å². The Morgan fingerprint density at radius 3 is 0.882 bits per heavy atom. The first-order valence-corrected chi connectivity index (χ1v) is 5.66. The quantitative estimate of drug-likeness (QED) is 0.585. The van der Waals surface area contributed by atoms with E-state index in [0.717, 1.165) is 0 Å². The van der Waals surface area contributed by atoms with Gasteiger partial charge in [-0.25, -0.2) is 0 Å². The molecule has 0 saturated carbocycles. The number of nitrogens with zero attached hydrogens (tertiary/aromatic N) is 2. The largest absolute Gasteiger partial charge is 0.358 e. The van der Waals surface area contributed by atoms with Gasteiger partial charge < -0.3 is 24.7 Å². The van der Waals surface area contributed by atoms with Crippen molar-refractivity contribution in [1.29, 1.82) is 0 Å². The summed E-state index contributed by atoms with van der Waals surface area (Å²) in [5.41, 5.74) is 0. The zero-order valence-corrected chi connectivity index (χ0v) is 18.1. The van der Waals surface area contributed by atoms with Crippen LogP contribution in [0.15, 0.2) is 0 Å². The maximum Gasteiger partial charge on any atom is 0 e. The molecule has 0 aromatic carbocycles. The molecule has 0 amide bonds. The Balaban J connectivity index is -0.0000000810. The monoisotopic (exact) mass is 392 g/mol. The number of hydrogen-bond acceptors (Lipinski definition) is 2. The summed E-state index contributed by atoms with van der Waals surface area (Å²) in [4.78, 5) is 4.75. The molecular formula is C13H30N2Y2-2. The molecule has 0 N–H and O–H groups in total. The van der Waals surface area contributed by atoms with Crippen molar-refractivity contribution in [3.8, 4) is 0 Å². The molecule has 0 aliphatic carbocycles.